The molecule has 0 aromatic carbocycles. The molecule has 1 unspecified atom stereocenters. The summed E-state index contributed by atoms with van der Waals surface area (Å²) >= 11 is 0. The molecule has 0 bridgehead atoms. The van der Waals surface area contributed by atoms with Crippen molar-refractivity contribution in [1.82, 2.24) is 19.7 Å². The Labute approximate surface area is 77.5 Å². The lowest BCUT2D eigenvalue weighted by Crippen LogP contribution is -2.51. The number of hydrogen-bond donors (Lipinski definition) is 1. The van der Waals surface area contributed by atoms with Crippen molar-refractivity contribution in [2.45, 2.75) is 19.0 Å². The molecule has 1 aliphatic heterocycles. The van der Waals surface area contributed by atoms with Crippen LogP contribution in [0.2, 0.25) is 0 Å². The summed E-state index contributed by atoms with van der Waals surface area (Å²) in [6.45, 7) is 2.75. The fourth-order valence-electron chi connectivity index (χ4n) is 1.61. The molecule has 0 amide bonds. The highest BCUT2D eigenvalue weighted by Gasteiger charge is 2.27. The van der Waals surface area contributed by atoms with E-state index in [1.54, 1.807) is 6.33 Å². The van der Waals surface area contributed by atoms with Crippen molar-refractivity contribution < 1.29 is 0 Å². The lowest BCUT2D eigenvalue weighted by molar-refractivity contribution is 0.0837. The lowest BCUT2D eigenvalue weighted by Gasteiger charge is -2.39. The van der Waals surface area contributed by atoms with E-state index in [1.165, 1.54) is 6.42 Å². The molecule has 5 nitrogen and oxygen atoms in total. The molecule has 0 radical (unpaired) electrons. The smallest absolute Gasteiger partial charge is 0.140 e. The van der Waals surface area contributed by atoms with Crippen molar-refractivity contribution in [1.29, 1.82) is 0 Å². The highest BCUT2D eigenvalue weighted by atomic mass is 15.3. The van der Waals surface area contributed by atoms with Crippen LogP contribution in [0.3, 0.4) is 0 Å². The predicted octanol–water partition coefficient (Wildman–Crippen LogP) is -0.652. The molecule has 0 saturated carbocycles. The molecule has 2 rings (SSSR count). The quantitative estimate of drug-likeness (QED) is 0.673. The van der Waals surface area contributed by atoms with Gasteiger partial charge in [0.05, 0.1) is 6.54 Å². The molecule has 2 N–H and O–H groups in total. The predicted molar refractivity (Wildman–Crippen MR) is 48.9 cm³/mol. The second-order valence-corrected chi connectivity index (χ2v) is 3.45. The van der Waals surface area contributed by atoms with Crippen molar-refractivity contribution in [3.63, 3.8) is 0 Å². The zero-order chi connectivity index (χ0) is 9.26. The van der Waals surface area contributed by atoms with Crippen LogP contribution in [0.4, 0.5) is 0 Å². The van der Waals surface area contributed by atoms with E-state index in [0.29, 0.717) is 6.04 Å². The fourth-order valence-corrected chi connectivity index (χ4v) is 1.61. The number of aromatic nitrogens is 3. The molecule has 1 fully saturated rings. The lowest BCUT2D eigenvalue weighted by atomic mass is 10.0. The molecule has 5 heteroatoms. The van der Waals surface area contributed by atoms with Crippen LogP contribution in [0, 0.1) is 0 Å². The van der Waals surface area contributed by atoms with Gasteiger partial charge < -0.3 is 5.73 Å². The molecule has 0 aliphatic carbocycles. The molecule has 72 valence electrons. The van der Waals surface area contributed by atoms with Crippen LogP contribution >= 0.6 is 0 Å². The van der Waals surface area contributed by atoms with Gasteiger partial charge in [0.2, 0.25) is 0 Å². The Morgan fingerprint density at radius 2 is 2.54 bits per heavy atom. The van der Waals surface area contributed by atoms with Gasteiger partial charge in [0.15, 0.2) is 0 Å². The van der Waals surface area contributed by atoms with Crippen LogP contribution in [0.5, 0.6) is 0 Å². The molecule has 2 heterocycles. The zero-order valence-electron chi connectivity index (χ0n) is 7.85. The number of nitrogens with zero attached hydrogens (tertiary/aromatic N) is 4. The van der Waals surface area contributed by atoms with Crippen LogP contribution in [-0.2, 0) is 13.6 Å². The van der Waals surface area contributed by atoms with Gasteiger partial charge >= 0.3 is 0 Å². The van der Waals surface area contributed by atoms with Crippen molar-refractivity contribution >= 4 is 0 Å². The van der Waals surface area contributed by atoms with E-state index in [1.807, 2.05) is 11.7 Å². The van der Waals surface area contributed by atoms with Crippen molar-refractivity contribution in [3.8, 4) is 0 Å². The summed E-state index contributed by atoms with van der Waals surface area (Å²) in [5, 5.41) is 4.03. The maximum absolute atomic E-state index is 5.61. The molecule has 1 aromatic rings. The first-order chi connectivity index (χ1) is 6.31. The summed E-state index contributed by atoms with van der Waals surface area (Å²) < 4.78 is 1.81. The van der Waals surface area contributed by atoms with E-state index in [0.717, 1.165) is 25.5 Å². The number of rotatable bonds is 3. The molecular formula is C8H15N5. The third kappa shape index (κ3) is 1.57. The van der Waals surface area contributed by atoms with Gasteiger partial charge in [0.25, 0.3) is 0 Å². The highest BCUT2D eigenvalue weighted by Crippen LogP contribution is 2.17. The van der Waals surface area contributed by atoms with Gasteiger partial charge in [-0.3, -0.25) is 9.58 Å². The summed E-state index contributed by atoms with van der Waals surface area (Å²) in [6, 6.07) is 0.552. The number of hydrogen-bond acceptors (Lipinski definition) is 4. The van der Waals surface area contributed by atoms with Gasteiger partial charge in [-0.2, -0.15) is 5.10 Å². The maximum atomic E-state index is 5.61. The molecule has 1 aromatic heterocycles. The van der Waals surface area contributed by atoms with E-state index >= 15 is 0 Å². The molecule has 1 atom stereocenters. The molecule has 1 saturated heterocycles. The van der Waals surface area contributed by atoms with Crippen molar-refractivity contribution in [2.75, 3.05) is 13.1 Å². The Bertz CT molecular complexity index is 280. The normalized spacial score (nSPS) is 23.1. The fraction of sp³-hybridized carbons (Fsp3) is 0.750. The molecule has 1 aliphatic rings. The second-order valence-electron chi connectivity index (χ2n) is 3.45. The second kappa shape index (κ2) is 3.43. The molecule has 0 spiro atoms. The van der Waals surface area contributed by atoms with Crippen LogP contribution in [0.15, 0.2) is 6.33 Å². The number of nitrogens with two attached hydrogens (primary N) is 1. The summed E-state index contributed by atoms with van der Waals surface area (Å²) in [6.07, 6.45) is 2.81. The van der Waals surface area contributed by atoms with E-state index in [9.17, 15) is 0 Å². The molecular weight excluding hydrogens is 166 g/mol. The first kappa shape index (κ1) is 8.65. The minimum Gasteiger partial charge on any atom is -0.329 e. The third-order valence-corrected chi connectivity index (χ3v) is 2.69. The summed E-state index contributed by atoms with van der Waals surface area (Å²) in [5.41, 5.74) is 5.61. The van der Waals surface area contributed by atoms with Crippen molar-refractivity contribution in [3.05, 3.63) is 12.2 Å². The monoisotopic (exact) mass is 181 g/mol. The average Bonchev–Trinajstić information content (AvgIpc) is 2.46. The Morgan fingerprint density at radius 1 is 1.69 bits per heavy atom. The van der Waals surface area contributed by atoms with Gasteiger partial charge in [0, 0.05) is 26.2 Å². The minimum atomic E-state index is 0.552. The summed E-state index contributed by atoms with van der Waals surface area (Å²) in [5.74, 6) is 1.01. The Kier molecular flexibility index (Phi) is 2.28. The van der Waals surface area contributed by atoms with Gasteiger partial charge in [0.1, 0.15) is 12.2 Å². The third-order valence-electron chi connectivity index (χ3n) is 2.69. The zero-order valence-corrected chi connectivity index (χ0v) is 7.85. The Morgan fingerprint density at radius 3 is 3.00 bits per heavy atom. The summed E-state index contributed by atoms with van der Waals surface area (Å²) in [7, 11) is 1.92. The van der Waals surface area contributed by atoms with E-state index in [2.05, 4.69) is 15.0 Å². The topological polar surface area (TPSA) is 60.0 Å². The minimum absolute atomic E-state index is 0.552. The van der Waals surface area contributed by atoms with E-state index in [-0.39, 0.29) is 0 Å². The largest absolute Gasteiger partial charge is 0.329 e. The summed E-state index contributed by atoms with van der Waals surface area (Å²) in [4.78, 5) is 6.51. The van der Waals surface area contributed by atoms with E-state index in [4.69, 9.17) is 5.73 Å². The van der Waals surface area contributed by atoms with Gasteiger partial charge in [-0.25, -0.2) is 4.98 Å². The number of likely N-dealkylation sites (tertiary alicyclic amines) is 1. The van der Waals surface area contributed by atoms with Crippen molar-refractivity contribution in [2.24, 2.45) is 12.8 Å². The first-order valence-corrected chi connectivity index (χ1v) is 4.58. The van der Waals surface area contributed by atoms with E-state index < -0.39 is 0 Å². The van der Waals surface area contributed by atoms with Crippen LogP contribution in [-0.4, -0.2) is 38.8 Å². The molecule has 13 heavy (non-hydrogen) atoms. The van der Waals surface area contributed by atoms with Gasteiger partial charge in [-0.05, 0) is 6.42 Å². The average molecular weight is 181 g/mol. The Balaban J connectivity index is 1.95. The standard InChI is InChI=1S/C8H15N5/c1-12-8(10-6-11-12)5-13-3-2-7(13)4-9/h6-7H,2-5,9H2,1H3. The maximum Gasteiger partial charge on any atom is 0.140 e. The van der Waals surface area contributed by atoms with Gasteiger partial charge in [-0.1, -0.05) is 0 Å². The Hall–Kier alpha value is -0.940. The van der Waals surface area contributed by atoms with Crippen LogP contribution in [0.1, 0.15) is 12.2 Å². The van der Waals surface area contributed by atoms with Crippen LogP contribution in [0.25, 0.3) is 0 Å². The SMILES string of the molecule is Cn1ncnc1CN1CCC1CN. The van der Waals surface area contributed by atoms with Gasteiger partial charge in [-0.15, -0.1) is 0 Å². The number of aryl methyl sites for hydroxylation is 1. The van der Waals surface area contributed by atoms with Crippen LogP contribution < -0.4 is 5.73 Å². The highest BCUT2D eigenvalue weighted by molar-refractivity contribution is 4.90. The first-order valence-electron chi connectivity index (χ1n) is 4.58.